The average Bonchev–Trinajstić information content (AvgIpc) is 3.15. The number of aromatic nitrogens is 2. The monoisotopic (exact) mass is 458 g/mol. The van der Waals surface area contributed by atoms with Gasteiger partial charge in [-0.25, -0.2) is 14.2 Å². The summed E-state index contributed by atoms with van der Waals surface area (Å²) in [5, 5.41) is 9.66. The number of carbonyl (C=O) groups is 2. The van der Waals surface area contributed by atoms with Gasteiger partial charge in [0.15, 0.2) is 0 Å². The van der Waals surface area contributed by atoms with Crippen LogP contribution in [0.1, 0.15) is 20.7 Å². The molecule has 1 amide bonds. The minimum atomic E-state index is -1.02. The first-order chi connectivity index (χ1) is 16.4. The maximum atomic E-state index is 14.2. The molecule has 0 aliphatic carbocycles. The van der Waals surface area contributed by atoms with Gasteiger partial charge in [-0.05, 0) is 35.9 Å². The Labute approximate surface area is 195 Å². The summed E-state index contributed by atoms with van der Waals surface area (Å²) in [6.45, 7) is 2.07. The van der Waals surface area contributed by atoms with E-state index in [1.807, 2.05) is 46.8 Å². The summed E-state index contributed by atoms with van der Waals surface area (Å²) in [6, 6.07) is 17.4. The number of anilines is 1. The van der Waals surface area contributed by atoms with Crippen LogP contribution < -0.4 is 4.90 Å². The number of hydrogen-bond acceptors (Lipinski definition) is 4. The lowest BCUT2D eigenvalue weighted by atomic mass is 10.0. The van der Waals surface area contributed by atoms with Crippen molar-refractivity contribution in [3.63, 3.8) is 0 Å². The zero-order valence-corrected chi connectivity index (χ0v) is 18.6. The molecule has 3 heterocycles. The zero-order valence-electron chi connectivity index (χ0n) is 18.6. The molecule has 0 bridgehead atoms. The van der Waals surface area contributed by atoms with Crippen molar-refractivity contribution in [1.82, 2.24) is 14.5 Å². The van der Waals surface area contributed by atoms with Gasteiger partial charge >= 0.3 is 5.97 Å². The smallest absolute Gasteiger partial charge is 0.337 e. The number of amides is 1. The van der Waals surface area contributed by atoms with E-state index in [0.29, 0.717) is 42.9 Å². The van der Waals surface area contributed by atoms with Gasteiger partial charge in [-0.1, -0.05) is 30.3 Å². The Hall–Kier alpha value is -4.20. The summed E-state index contributed by atoms with van der Waals surface area (Å²) < 4.78 is 16.1. The van der Waals surface area contributed by atoms with E-state index >= 15 is 0 Å². The van der Waals surface area contributed by atoms with Crippen molar-refractivity contribution in [2.75, 3.05) is 31.1 Å². The second-order valence-electron chi connectivity index (χ2n) is 8.30. The lowest BCUT2D eigenvalue weighted by Gasteiger charge is -2.35. The minimum absolute atomic E-state index is 0.134. The van der Waals surface area contributed by atoms with Crippen molar-refractivity contribution in [3.8, 4) is 11.3 Å². The molecular formula is C26H23FN4O3. The lowest BCUT2D eigenvalue weighted by molar-refractivity contribution is 0.0694. The number of nitrogens with zero attached hydrogens (tertiary/aromatic N) is 4. The van der Waals surface area contributed by atoms with E-state index in [9.17, 15) is 14.0 Å². The molecule has 0 saturated carbocycles. The molecule has 8 heteroatoms. The van der Waals surface area contributed by atoms with Crippen LogP contribution in [-0.4, -0.2) is 57.6 Å². The molecule has 0 atom stereocenters. The number of hydrogen-bond donors (Lipinski definition) is 1. The molecule has 1 N–H and O–H groups in total. The standard InChI is InChI=1S/C26H23FN4O3/c1-29-21-9-8-19(27)15-20(21)23(24(29)17-5-3-2-4-6-17)25(32)31-13-11-30(12-14-31)22-10-7-18(16-28-22)26(33)34/h2-10,15-16H,11-14H2,1H3,(H,33,34). The van der Waals surface area contributed by atoms with E-state index in [1.165, 1.54) is 24.4 Å². The van der Waals surface area contributed by atoms with Gasteiger partial charge in [0, 0.05) is 50.3 Å². The largest absolute Gasteiger partial charge is 0.478 e. The second-order valence-corrected chi connectivity index (χ2v) is 8.30. The molecular weight excluding hydrogens is 435 g/mol. The van der Waals surface area contributed by atoms with Crippen LogP contribution in [0, 0.1) is 5.82 Å². The summed E-state index contributed by atoms with van der Waals surface area (Å²) in [5.74, 6) is -0.860. The molecule has 0 radical (unpaired) electrons. The molecule has 1 aliphatic rings. The molecule has 172 valence electrons. The van der Waals surface area contributed by atoms with Crippen LogP contribution in [0.15, 0.2) is 66.9 Å². The highest BCUT2D eigenvalue weighted by Gasteiger charge is 2.29. The average molecular weight is 458 g/mol. The molecule has 0 unspecified atom stereocenters. The van der Waals surface area contributed by atoms with E-state index in [0.717, 1.165) is 16.8 Å². The predicted octanol–water partition coefficient (Wildman–Crippen LogP) is 4.04. The van der Waals surface area contributed by atoms with E-state index in [1.54, 1.807) is 17.0 Å². The van der Waals surface area contributed by atoms with Gasteiger partial charge in [-0.2, -0.15) is 0 Å². The number of carbonyl (C=O) groups excluding carboxylic acids is 1. The minimum Gasteiger partial charge on any atom is -0.478 e. The molecule has 0 spiro atoms. The van der Waals surface area contributed by atoms with Crippen LogP contribution in [0.3, 0.4) is 0 Å². The van der Waals surface area contributed by atoms with Crippen molar-refractivity contribution in [2.45, 2.75) is 0 Å². The number of aromatic carboxylic acids is 1. The Kier molecular flexibility index (Phi) is 5.49. The maximum absolute atomic E-state index is 14.2. The predicted molar refractivity (Wildman–Crippen MR) is 128 cm³/mol. The van der Waals surface area contributed by atoms with E-state index in [4.69, 9.17) is 5.11 Å². The highest BCUT2D eigenvalue weighted by Crippen LogP contribution is 2.34. The fourth-order valence-electron chi connectivity index (χ4n) is 4.56. The van der Waals surface area contributed by atoms with Crippen molar-refractivity contribution in [3.05, 3.63) is 83.8 Å². The molecule has 1 saturated heterocycles. The SMILES string of the molecule is Cn1c(-c2ccccc2)c(C(=O)N2CCN(c3ccc(C(=O)O)cn3)CC2)c2cc(F)ccc21. The Bertz CT molecular complexity index is 1370. The van der Waals surface area contributed by atoms with Gasteiger partial charge in [0.05, 0.1) is 16.8 Å². The topological polar surface area (TPSA) is 78.7 Å². The van der Waals surface area contributed by atoms with Crippen LogP contribution in [0.4, 0.5) is 10.2 Å². The number of halogens is 1. The van der Waals surface area contributed by atoms with Gasteiger partial charge in [0.25, 0.3) is 5.91 Å². The summed E-state index contributed by atoms with van der Waals surface area (Å²) in [5.41, 5.74) is 3.09. The first-order valence-electron chi connectivity index (χ1n) is 11.0. The van der Waals surface area contributed by atoms with Crippen molar-refractivity contribution < 1.29 is 19.1 Å². The van der Waals surface area contributed by atoms with E-state index < -0.39 is 5.97 Å². The number of benzene rings is 2. The number of aryl methyl sites for hydroxylation is 1. The molecule has 1 aliphatic heterocycles. The quantitative estimate of drug-likeness (QED) is 0.499. The fourth-order valence-corrected chi connectivity index (χ4v) is 4.56. The van der Waals surface area contributed by atoms with Crippen LogP contribution >= 0.6 is 0 Å². The Balaban J connectivity index is 1.45. The molecule has 1 fully saturated rings. The summed E-state index contributed by atoms with van der Waals surface area (Å²) in [6.07, 6.45) is 1.34. The fraction of sp³-hybridized carbons (Fsp3) is 0.192. The molecule has 4 aromatic rings. The summed E-state index contributed by atoms with van der Waals surface area (Å²) in [4.78, 5) is 32.9. The highest BCUT2D eigenvalue weighted by atomic mass is 19.1. The highest BCUT2D eigenvalue weighted by molar-refractivity contribution is 6.12. The zero-order chi connectivity index (χ0) is 23.8. The number of pyridine rings is 1. The first kappa shape index (κ1) is 21.6. The van der Waals surface area contributed by atoms with Crippen molar-refractivity contribution in [1.29, 1.82) is 0 Å². The van der Waals surface area contributed by atoms with Crippen LogP contribution in [0.5, 0.6) is 0 Å². The van der Waals surface area contributed by atoms with E-state index in [2.05, 4.69) is 4.98 Å². The van der Waals surface area contributed by atoms with Crippen LogP contribution in [-0.2, 0) is 7.05 Å². The van der Waals surface area contributed by atoms with E-state index in [-0.39, 0.29) is 17.3 Å². The molecule has 7 nitrogen and oxygen atoms in total. The van der Waals surface area contributed by atoms with Crippen molar-refractivity contribution in [2.24, 2.45) is 7.05 Å². The summed E-state index contributed by atoms with van der Waals surface area (Å²) >= 11 is 0. The number of rotatable bonds is 4. The van der Waals surface area contributed by atoms with Gasteiger partial charge in [0.2, 0.25) is 0 Å². The molecule has 2 aromatic carbocycles. The number of carboxylic acids is 1. The number of fused-ring (bicyclic) bond motifs is 1. The Morgan fingerprint density at radius 3 is 2.35 bits per heavy atom. The Morgan fingerprint density at radius 1 is 0.971 bits per heavy atom. The number of piperazine rings is 1. The van der Waals surface area contributed by atoms with Gasteiger partial charge < -0.3 is 19.5 Å². The summed E-state index contributed by atoms with van der Waals surface area (Å²) in [7, 11) is 1.89. The second kappa shape index (κ2) is 8.62. The number of carboxylic acid groups (broad SMARTS) is 1. The molecule has 34 heavy (non-hydrogen) atoms. The third kappa shape index (κ3) is 3.77. The maximum Gasteiger partial charge on any atom is 0.337 e. The van der Waals surface area contributed by atoms with Gasteiger partial charge in [-0.15, -0.1) is 0 Å². The van der Waals surface area contributed by atoms with Gasteiger partial charge in [0.1, 0.15) is 11.6 Å². The first-order valence-corrected chi connectivity index (χ1v) is 11.0. The van der Waals surface area contributed by atoms with Gasteiger partial charge in [-0.3, -0.25) is 4.79 Å². The molecule has 5 rings (SSSR count). The van der Waals surface area contributed by atoms with Crippen LogP contribution in [0.2, 0.25) is 0 Å². The van der Waals surface area contributed by atoms with Crippen LogP contribution in [0.25, 0.3) is 22.2 Å². The lowest BCUT2D eigenvalue weighted by Crippen LogP contribution is -2.49. The normalized spacial score (nSPS) is 13.9. The van der Waals surface area contributed by atoms with Crippen molar-refractivity contribution >= 4 is 28.6 Å². The Morgan fingerprint density at radius 2 is 1.71 bits per heavy atom. The third-order valence-electron chi connectivity index (χ3n) is 6.31. The third-order valence-corrected chi connectivity index (χ3v) is 6.31. The molecule has 2 aromatic heterocycles.